The maximum absolute atomic E-state index is 13.0. The highest BCUT2D eigenvalue weighted by atomic mass is 19.1. The van der Waals surface area contributed by atoms with E-state index in [1.165, 1.54) is 12.1 Å². The number of rotatable bonds is 9. The molecule has 0 aliphatic carbocycles. The van der Waals surface area contributed by atoms with Crippen LogP contribution < -0.4 is 16.0 Å². The maximum Gasteiger partial charge on any atom is 0.242 e. The van der Waals surface area contributed by atoms with Gasteiger partial charge in [0, 0.05) is 19.5 Å². The van der Waals surface area contributed by atoms with E-state index in [9.17, 15) is 18.8 Å². The summed E-state index contributed by atoms with van der Waals surface area (Å²) >= 11 is 0. The summed E-state index contributed by atoms with van der Waals surface area (Å²) in [4.78, 5) is 37.1. The molecule has 1 aliphatic rings. The number of carbonyl (C=O) groups is 3. The Balaban J connectivity index is 1.62. The molecule has 1 heterocycles. The van der Waals surface area contributed by atoms with E-state index in [1.54, 1.807) is 12.1 Å². The molecule has 0 radical (unpaired) electrons. The molecule has 0 unspecified atom stereocenters. The van der Waals surface area contributed by atoms with Gasteiger partial charge in [0.25, 0.3) is 0 Å². The summed E-state index contributed by atoms with van der Waals surface area (Å²) in [6, 6.07) is 12.2. The van der Waals surface area contributed by atoms with Crippen LogP contribution in [0.5, 0.6) is 0 Å². The molecule has 0 aromatic heterocycles. The molecule has 162 valence electrons. The predicted molar refractivity (Wildman–Crippen MR) is 114 cm³/mol. The average Bonchev–Trinajstić information content (AvgIpc) is 2.80. The van der Waals surface area contributed by atoms with E-state index in [0.717, 1.165) is 11.1 Å². The highest BCUT2D eigenvalue weighted by Crippen LogP contribution is 2.16. The van der Waals surface area contributed by atoms with Gasteiger partial charge in [-0.1, -0.05) is 36.4 Å². The van der Waals surface area contributed by atoms with Crippen LogP contribution in [0.1, 0.15) is 29.5 Å². The van der Waals surface area contributed by atoms with Gasteiger partial charge in [0.2, 0.25) is 11.8 Å². The second-order valence-corrected chi connectivity index (χ2v) is 7.46. The van der Waals surface area contributed by atoms with Gasteiger partial charge in [-0.3, -0.25) is 14.4 Å². The number of ketones is 1. The van der Waals surface area contributed by atoms with Gasteiger partial charge < -0.3 is 21.4 Å². The minimum atomic E-state index is -0.921. The van der Waals surface area contributed by atoms with E-state index in [-0.39, 0.29) is 31.1 Å². The quantitative estimate of drug-likeness (QED) is 0.459. The van der Waals surface area contributed by atoms with Crippen molar-refractivity contribution in [2.45, 2.75) is 44.4 Å². The second-order valence-electron chi connectivity index (χ2n) is 7.46. The Morgan fingerprint density at radius 3 is 2.55 bits per heavy atom. The van der Waals surface area contributed by atoms with Crippen LogP contribution >= 0.6 is 0 Å². The highest BCUT2D eigenvalue weighted by Gasteiger charge is 2.28. The zero-order valence-corrected chi connectivity index (χ0v) is 17.0. The van der Waals surface area contributed by atoms with Crippen molar-refractivity contribution in [2.24, 2.45) is 0 Å². The van der Waals surface area contributed by atoms with Crippen molar-refractivity contribution in [3.05, 3.63) is 71.0 Å². The largest absolute Gasteiger partial charge is 0.350 e. The van der Waals surface area contributed by atoms with Crippen LogP contribution in [0, 0.1) is 11.2 Å². The minimum absolute atomic E-state index is 0.0284. The van der Waals surface area contributed by atoms with Gasteiger partial charge in [-0.25, -0.2) is 4.39 Å². The van der Waals surface area contributed by atoms with E-state index >= 15 is 0 Å². The lowest BCUT2D eigenvalue weighted by Crippen LogP contribution is -2.54. The van der Waals surface area contributed by atoms with Crippen molar-refractivity contribution in [3.63, 3.8) is 0 Å². The van der Waals surface area contributed by atoms with Crippen molar-refractivity contribution in [1.29, 1.82) is 5.41 Å². The molecule has 0 spiro atoms. The van der Waals surface area contributed by atoms with Crippen molar-refractivity contribution in [2.75, 3.05) is 0 Å². The number of nitrogens with one attached hydrogen (secondary N) is 4. The van der Waals surface area contributed by atoms with Crippen LogP contribution in [0.15, 0.2) is 48.5 Å². The monoisotopic (exact) mass is 424 g/mol. The smallest absolute Gasteiger partial charge is 0.242 e. The third-order valence-corrected chi connectivity index (χ3v) is 5.25. The lowest BCUT2D eigenvalue weighted by atomic mass is 9.95. The van der Waals surface area contributed by atoms with Crippen LogP contribution in [-0.4, -0.2) is 35.9 Å². The normalized spacial score (nSPS) is 16.0. The first kappa shape index (κ1) is 22.3. The summed E-state index contributed by atoms with van der Waals surface area (Å²) in [7, 11) is 0. The number of hydrogen-bond acceptors (Lipinski definition) is 5. The van der Waals surface area contributed by atoms with Gasteiger partial charge in [-0.05, 0) is 41.7 Å². The summed E-state index contributed by atoms with van der Waals surface area (Å²) in [6.07, 6.45) is 1.26. The number of benzene rings is 2. The number of Topliss-reactive ketones (excluding diaryl/α,β-unsaturated/α-hetero) is 1. The maximum atomic E-state index is 13.0. The number of halogens is 1. The molecule has 0 bridgehead atoms. The average molecular weight is 424 g/mol. The molecule has 0 fully saturated rings. The fourth-order valence-electron chi connectivity index (χ4n) is 3.45. The first-order valence-electron chi connectivity index (χ1n) is 10.1. The van der Waals surface area contributed by atoms with Gasteiger partial charge in [-0.2, -0.15) is 0 Å². The molecule has 4 N–H and O–H groups in total. The molecule has 8 heteroatoms. The third kappa shape index (κ3) is 6.29. The van der Waals surface area contributed by atoms with Crippen LogP contribution in [0.4, 0.5) is 4.39 Å². The zero-order chi connectivity index (χ0) is 22.2. The molecular weight excluding hydrogens is 399 g/mol. The summed E-state index contributed by atoms with van der Waals surface area (Å²) in [5.74, 6) is -1.55. The Morgan fingerprint density at radius 2 is 1.84 bits per heavy atom. The predicted octanol–water partition coefficient (Wildman–Crippen LogP) is 1.64. The molecular formula is C23H25FN4O3. The molecule has 2 aromatic carbocycles. The first-order valence-corrected chi connectivity index (χ1v) is 10.1. The highest BCUT2D eigenvalue weighted by molar-refractivity contribution is 6.26. The van der Waals surface area contributed by atoms with Gasteiger partial charge in [-0.15, -0.1) is 0 Å². The number of carbonyl (C=O) groups excluding carboxylic acids is 3. The molecule has 0 saturated carbocycles. The standard InChI is InChI=1S/C23H25FN4O3/c24-18-7-5-15(6-8-18)13-27-22(30)20(10-9-19(29)12-25)28-23(31)21-11-16-3-1-2-4-17(16)14-26-21/h1-8,12,20-21,25-26H,9-11,13-14H2,(H,27,30)(H,28,31)/t20-,21-/m0/s1. The van der Waals surface area contributed by atoms with E-state index in [2.05, 4.69) is 16.0 Å². The zero-order valence-electron chi connectivity index (χ0n) is 17.0. The SMILES string of the molecule is N=CC(=O)CC[C@H](NC(=O)[C@@H]1Cc2ccccc2CN1)C(=O)NCc1ccc(F)cc1. The van der Waals surface area contributed by atoms with E-state index in [0.29, 0.717) is 24.7 Å². The molecule has 2 atom stereocenters. The molecule has 31 heavy (non-hydrogen) atoms. The van der Waals surface area contributed by atoms with Crippen LogP contribution in [0.25, 0.3) is 0 Å². The van der Waals surface area contributed by atoms with E-state index < -0.39 is 23.8 Å². The van der Waals surface area contributed by atoms with Gasteiger partial charge in [0.1, 0.15) is 11.9 Å². The molecule has 2 amide bonds. The van der Waals surface area contributed by atoms with Crippen molar-refractivity contribution < 1.29 is 18.8 Å². The topological polar surface area (TPSA) is 111 Å². The molecule has 3 rings (SSSR count). The van der Waals surface area contributed by atoms with Gasteiger partial charge >= 0.3 is 0 Å². The second kappa shape index (κ2) is 10.6. The van der Waals surface area contributed by atoms with E-state index in [1.807, 2.05) is 24.3 Å². The molecule has 2 aromatic rings. The van der Waals surface area contributed by atoms with Gasteiger partial charge in [0.15, 0.2) is 5.78 Å². The fourth-order valence-corrected chi connectivity index (χ4v) is 3.45. The summed E-state index contributed by atoms with van der Waals surface area (Å²) in [5, 5.41) is 15.7. The fraction of sp³-hybridized carbons (Fsp3) is 0.304. The summed E-state index contributed by atoms with van der Waals surface area (Å²) in [6.45, 7) is 0.723. The Hall–Kier alpha value is -3.39. The number of amides is 2. The summed E-state index contributed by atoms with van der Waals surface area (Å²) in [5.41, 5.74) is 2.93. The number of hydrogen-bond donors (Lipinski definition) is 4. The number of fused-ring (bicyclic) bond motifs is 1. The van der Waals surface area contributed by atoms with Crippen molar-refractivity contribution >= 4 is 23.8 Å². The summed E-state index contributed by atoms with van der Waals surface area (Å²) < 4.78 is 13.0. The minimum Gasteiger partial charge on any atom is -0.350 e. The van der Waals surface area contributed by atoms with Crippen LogP contribution in [0.3, 0.4) is 0 Å². The van der Waals surface area contributed by atoms with Crippen molar-refractivity contribution in [1.82, 2.24) is 16.0 Å². The third-order valence-electron chi connectivity index (χ3n) is 5.25. The molecule has 1 aliphatic heterocycles. The Kier molecular flexibility index (Phi) is 7.61. The molecule has 0 saturated heterocycles. The Labute approximate surface area is 179 Å². The Morgan fingerprint density at radius 1 is 1.13 bits per heavy atom. The van der Waals surface area contributed by atoms with Crippen molar-refractivity contribution in [3.8, 4) is 0 Å². The van der Waals surface area contributed by atoms with Crippen LogP contribution in [-0.2, 0) is 33.9 Å². The lowest BCUT2D eigenvalue weighted by molar-refractivity contribution is -0.130. The van der Waals surface area contributed by atoms with Crippen LogP contribution in [0.2, 0.25) is 0 Å². The molecule has 7 nitrogen and oxygen atoms in total. The van der Waals surface area contributed by atoms with E-state index in [4.69, 9.17) is 5.41 Å². The lowest BCUT2D eigenvalue weighted by Gasteiger charge is -2.27. The van der Waals surface area contributed by atoms with Gasteiger partial charge in [0.05, 0.1) is 12.3 Å². The first-order chi connectivity index (χ1) is 15.0. The Bertz CT molecular complexity index is 962.